The van der Waals surface area contributed by atoms with Crippen molar-refractivity contribution < 1.29 is 0 Å². The number of hydrogen-bond acceptors (Lipinski definition) is 1. The van der Waals surface area contributed by atoms with E-state index in [0.717, 1.165) is 28.4 Å². The fourth-order valence-corrected chi connectivity index (χ4v) is 13.6. The Morgan fingerprint density at radius 2 is 0.662 bits per heavy atom. The highest BCUT2D eigenvalue weighted by molar-refractivity contribution is 6.14. The minimum atomic E-state index is -0.00287. The van der Waals surface area contributed by atoms with Crippen LogP contribution in [0.2, 0.25) is 0 Å². The number of aromatic nitrogens is 4. The molecule has 360 valence electrons. The minimum absolute atomic E-state index is 0.00287. The first-order valence-corrected chi connectivity index (χ1v) is 26.8. The third-order valence-corrected chi connectivity index (χ3v) is 16.8. The molecule has 0 spiro atoms. The molecule has 0 radical (unpaired) electrons. The van der Waals surface area contributed by atoms with Crippen LogP contribution < -0.4 is 4.90 Å². The van der Waals surface area contributed by atoms with Crippen molar-refractivity contribution in [3.63, 3.8) is 0 Å². The zero-order valence-corrected chi connectivity index (χ0v) is 41.9. The molecule has 2 atom stereocenters. The van der Waals surface area contributed by atoms with E-state index in [1.807, 2.05) is 0 Å². The van der Waals surface area contributed by atoms with Gasteiger partial charge in [-0.25, -0.2) is 0 Å². The van der Waals surface area contributed by atoms with E-state index in [-0.39, 0.29) is 12.0 Å². The summed E-state index contributed by atoms with van der Waals surface area (Å²) in [6, 6.07) is 94.2. The van der Waals surface area contributed by atoms with Gasteiger partial charge in [0.15, 0.2) is 0 Å². The molecule has 0 saturated carbocycles. The highest BCUT2D eigenvalue weighted by Crippen LogP contribution is 2.55. The fourth-order valence-electron chi connectivity index (χ4n) is 13.6. The van der Waals surface area contributed by atoms with Crippen molar-refractivity contribution in [2.24, 2.45) is 0 Å². The molecular weight excluding hydrogens is 935 g/mol. The highest BCUT2D eigenvalue weighted by Gasteiger charge is 2.42. The Morgan fingerprint density at radius 1 is 0.286 bits per heavy atom. The van der Waals surface area contributed by atoms with E-state index in [9.17, 15) is 0 Å². The van der Waals surface area contributed by atoms with Crippen molar-refractivity contribution in [2.75, 3.05) is 4.90 Å². The second-order valence-corrected chi connectivity index (χ2v) is 20.8. The van der Waals surface area contributed by atoms with Crippen LogP contribution in [0.15, 0.2) is 273 Å². The summed E-state index contributed by atoms with van der Waals surface area (Å²) in [7, 11) is 0. The van der Waals surface area contributed by atoms with Gasteiger partial charge in [-0.3, -0.25) is 0 Å². The molecule has 1 aliphatic carbocycles. The Labute approximate surface area is 443 Å². The minimum Gasteiger partial charge on any atom is -0.332 e. The van der Waals surface area contributed by atoms with Crippen molar-refractivity contribution in [3.8, 4) is 22.7 Å². The molecule has 0 fully saturated rings. The van der Waals surface area contributed by atoms with Crippen molar-refractivity contribution in [2.45, 2.75) is 12.0 Å². The lowest BCUT2D eigenvalue weighted by molar-refractivity contribution is 0.747. The third-order valence-electron chi connectivity index (χ3n) is 16.8. The van der Waals surface area contributed by atoms with Gasteiger partial charge in [-0.1, -0.05) is 176 Å². The molecule has 17 rings (SSSR count). The van der Waals surface area contributed by atoms with Crippen LogP contribution in [0.4, 0.5) is 11.4 Å². The van der Waals surface area contributed by atoms with E-state index in [2.05, 4.69) is 296 Å². The first-order valence-electron chi connectivity index (χ1n) is 26.8. The van der Waals surface area contributed by atoms with Crippen LogP contribution in [-0.4, -0.2) is 24.3 Å². The molecule has 1 aliphatic heterocycles. The molecule has 5 heterocycles. The average molecular weight is 982 g/mol. The van der Waals surface area contributed by atoms with Gasteiger partial charge in [-0.05, 0) is 114 Å². The van der Waals surface area contributed by atoms with Gasteiger partial charge in [0.05, 0.1) is 61.6 Å². The monoisotopic (exact) mass is 981 g/mol. The van der Waals surface area contributed by atoms with Crippen molar-refractivity contribution in [1.29, 1.82) is 0 Å². The normalized spacial score (nSPS) is 15.3. The van der Waals surface area contributed by atoms with Gasteiger partial charge < -0.3 is 23.2 Å². The number of fused-ring (bicyclic) bond motifs is 15. The van der Waals surface area contributed by atoms with Gasteiger partial charge >= 0.3 is 0 Å². The first-order chi connectivity index (χ1) is 38.2. The van der Waals surface area contributed by atoms with Gasteiger partial charge in [0.1, 0.15) is 0 Å². The lowest BCUT2D eigenvalue weighted by Crippen LogP contribution is -2.29. The number of rotatable bonds is 6. The third kappa shape index (κ3) is 6.05. The zero-order valence-electron chi connectivity index (χ0n) is 41.9. The van der Waals surface area contributed by atoms with E-state index in [4.69, 9.17) is 0 Å². The number of anilines is 2. The highest BCUT2D eigenvalue weighted by atomic mass is 15.2. The molecule has 0 saturated heterocycles. The van der Waals surface area contributed by atoms with E-state index >= 15 is 0 Å². The quantitative estimate of drug-likeness (QED) is 0.163. The summed E-state index contributed by atoms with van der Waals surface area (Å²) >= 11 is 0. The lowest BCUT2D eigenvalue weighted by atomic mass is 9.86. The molecule has 4 aromatic heterocycles. The number of benzene rings is 11. The molecule has 0 N–H and O–H groups in total. The molecular formula is C72H47N5. The van der Waals surface area contributed by atoms with Gasteiger partial charge in [0, 0.05) is 71.8 Å². The summed E-state index contributed by atoms with van der Waals surface area (Å²) < 4.78 is 9.88. The maximum absolute atomic E-state index is 2.66. The van der Waals surface area contributed by atoms with Crippen molar-refractivity contribution >= 4 is 104 Å². The molecule has 5 nitrogen and oxygen atoms in total. The van der Waals surface area contributed by atoms with Crippen molar-refractivity contribution in [3.05, 3.63) is 284 Å². The van der Waals surface area contributed by atoms with E-state index in [1.54, 1.807) is 0 Å². The molecule has 15 aromatic rings. The maximum atomic E-state index is 2.66. The maximum Gasteiger partial charge on any atom is 0.0723 e. The van der Waals surface area contributed by atoms with E-state index < -0.39 is 0 Å². The van der Waals surface area contributed by atoms with Crippen LogP contribution in [0.3, 0.4) is 0 Å². The molecule has 0 amide bonds. The Morgan fingerprint density at radius 3 is 1.13 bits per heavy atom. The van der Waals surface area contributed by atoms with E-state index in [1.165, 1.54) is 110 Å². The van der Waals surface area contributed by atoms with Crippen LogP contribution in [-0.2, 0) is 0 Å². The Bertz CT molecular complexity index is 4840. The Hall–Kier alpha value is -10.1. The molecule has 5 heteroatoms. The van der Waals surface area contributed by atoms with Gasteiger partial charge in [0.2, 0.25) is 0 Å². The van der Waals surface area contributed by atoms with Gasteiger partial charge in [-0.2, -0.15) is 0 Å². The smallest absolute Gasteiger partial charge is 0.0723 e. The predicted octanol–water partition coefficient (Wildman–Crippen LogP) is 18.3. The lowest BCUT2D eigenvalue weighted by Gasteiger charge is -2.31. The standard InChI is InChI=1S/C72H47N5/c1-2-18-46(19-3-1)47-34-40-70-59(42-47)61-44-51(75-64-29-13-6-22-54(64)55-23-7-14-30-65(55)75)45-71(77-67-32-16-8-24-56(67)57-25-9-17-33-68(57)77)72(61)76(70)50-39-41-69-60(43-50)58-26-10-15-31-66(58)74(69)49-37-35-48(36-38-49)73-62-27-11-4-20-52(62)53-21-5-12-28-63(53)73/h1-45,59,70H. The number of nitrogens with zero attached hydrogens (tertiary/aromatic N) is 5. The topological polar surface area (TPSA) is 23.0 Å². The van der Waals surface area contributed by atoms with Gasteiger partial charge in [-0.15, -0.1) is 0 Å². The molecule has 77 heavy (non-hydrogen) atoms. The fraction of sp³-hybridized carbons (Fsp3) is 0.0278. The van der Waals surface area contributed by atoms with E-state index in [0.29, 0.717) is 0 Å². The molecule has 11 aromatic carbocycles. The summed E-state index contributed by atoms with van der Waals surface area (Å²) in [5.74, 6) is 0.0372. The summed E-state index contributed by atoms with van der Waals surface area (Å²) in [5, 5.41) is 9.95. The van der Waals surface area contributed by atoms with Crippen molar-refractivity contribution in [1.82, 2.24) is 18.3 Å². The van der Waals surface area contributed by atoms with Crippen LogP contribution in [0.25, 0.3) is 116 Å². The predicted molar refractivity (Wildman–Crippen MR) is 322 cm³/mol. The zero-order chi connectivity index (χ0) is 50.3. The van der Waals surface area contributed by atoms with Crippen LogP contribution in [0.5, 0.6) is 0 Å². The molecule has 0 bridgehead atoms. The Balaban J connectivity index is 0.909. The second-order valence-electron chi connectivity index (χ2n) is 20.8. The number of allylic oxidation sites excluding steroid dienone is 2. The summed E-state index contributed by atoms with van der Waals surface area (Å²) in [6.07, 6.45) is 7.36. The summed E-state index contributed by atoms with van der Waals surface area (Å²) in [4.78, 5) is 2.66. The van der Waals surface area contributed by atoms with Crippen LogP contribution in [0.1, 0.15) is 17.0 Å². The Kier molecular flexibility index (Phi) is 8.89. The second kappa shape index (κ2) is 16.2. The molecule has 2 aliphatic rings. The summed E-state index contributed by atoms with van der Waals surface area (Å²) in [5.41, 5.74) is 20.2. The van der Waals surface area contributed by atoms with Crippen LogP contribution >= 0.6 is 0 Å². The number of para-hydroxylation sites is 7. The van der Waals surface area contributed by atoms with Gasteiger partial charge in [0.25, 0.3) is 0 Å². The van der Waals surface area contributed by atoms with Crippen LogP contribution in [0, 0.1) is 0 Å². The summed E-state index contributed by atoms with van der Waals surface area (Å²) in [6.45, 7) is 0. The SMILES string of the molecule is C1=CC2C(C=C1c1ccccc1)c1cc(-n3c4ccccc4c4ccccc43)cc(-n3c4ccccc4c4ccccc43)c1N2c1ccc2c(c1)c1ccccc1n2-c1ccc(-n2c3ccccc3c3ccccc32)cc1. The largest absolute Gasteiger partial charge is 0.332 e. The first kappa shape index (κ1) is 42.3. The number of hydrogen-bond donors (Lipinski definition) is 0. The average Bonchev–Trinajstić information content (AvgIpc) is 4.49. The molecule has 2 unspecified atom stereocenters.